The van der Waals surface area contributed by atoms with Gasteiger partial charge in [-0.15, -0.1) is 0 Å². The van der Waals surface area contributed by atoms with Crippen molar-refractivity contribution >= 4 is 28.9 Å². The number of non-ortho nitro benzene ring substituents is 1. The first-order chi connectivity index (χ1) is 10.4. The predicted molar refractivity (Wildman–Crippen MR) is 83.8 cm³/mol. The Morgan fingerprint density at radius 3 is 2.64 bits per heavy atom. The lowest BCUT2D eigenvalue weighted by molar-refractivity contribution is -0.384. The number of aryl methyl sites for hydroxylation is 1. The molecule has 0 aliphatic rings. The molecule has 0 saturated carbocycles. The van der Waals surface area contributed by atoms with Crippen LogP contribution in [0.2, 0.25) is 5.02 Å². The number of anilines is 1. The van der Waals surface area contributed by atoms with Crippen LogP contribution in [-0.2, 0) is 0 Å². The van der Waals surface area contributed by atoms with E-state index in [1.54, 1.807) is 12.1 Å². The van der Waals surface area contributed by atoms with E-state index in [1.165, 1.54) is 19.2 Å². The van der Waals surface area contributed by atoms with Gasteiger partial charge in [0.2, 0.25) is 0 Å². The first kappa shape index (κ1) is 15.8. The minimum absolute atomic E-state index is 0.0272. The van der Waals surface area contributed by atoms with E-state index in [-0.39, 0.29) is 16.3 Å². The van der Waals surface area contributed by atoms with Crippen molar-refractivity contribution in [3.8, 4) is 5.75 Å². The third kappa shape index (κ3) is 3.35. The fourth-order valence-electron chi connectivity index (χ4n) is 1.91. The molecule has 0 aromatic heterocycles. The van der Waals surface area contributed by atoms with Gasteiger partial charge in [0.25, 0.3) is 11.6 Å². The van der Waals surface area contributed by atoms with Gasteiger partial charge in [-0.25, -0.2) is 0 Å². The maximum Gasteiger partial charge on any atom is 0.270 e. The van der Waals surface area contributed by atoms with Crippen molar-refractivity contribution in [2.45, 2.75) is 6.92 Å². The molecule has 0 saturated heterocycles. The Labute approximate surface area is 131 Å². The van der Waals surface area contributed by atoms with Crippen LogP contribution in [0.4, 0.5) is 11.4 Å². The number of carbonyl (C=O) groups is 1. The molecule has 0 aliphatic heterocycles. The van der Waals surface area contributed by atoms with Gasteiger partial charge >= 0.3 is 0 Å². The summed E-state index contributed by atoms with van der Waals surface area (Å²) in [5.74, 6) is -0.0573. The lowest BCUT2D eigenvalue weighted by Gasteiger charge is -2.11. The Bertz CT molecular complexity index is 746. The van der Waals surface area contributed by atoms with E-state index in [9.17, 15) is 14.9 Å². The zero-order valence-corrected chi connectivity index (χ0v) is 12.7. The molecule has 6 nitrogen and oxygen atoms in total. The Kier molecular flexibility index (Phi) is 4.62. The largest absolute Gasteiger partial charge is 0.495 e. The van der Waals surface area contributed by atoms with E-state index in [0.29, 0.717) is 11.4 Å². The van der Waals surface area contributed by atoms with Crippen LogP contribution in [0.1, 0.15) is 15.9 Å². The van der Waals surface area contributed by atoms with Gasteiger partial charge in [-0.05, 0) is 30.7 Å². The third-order valence-electron chi connectivity index (χ3n) is 3.01. The summed E-state index contributed by atoms with van der Waals surface area (Å²) in [4.78, 5) is 22.5. The number of carbonyl (C=O) groups excluding carboxylic acids is 1. The number of ether oxygens (including phenoxy) is 1. The van der Waals surface area contributed by atoms with Crippen molar-refractivity contribution in [1.82, 2.24) is 0 Å². The van der Waals surface area contributed by atoms with Gasteiger partial charge in [-0.2, -0.15) is 0 Å². The second-order valence-corrected chi connectivity index (χ2v) is 4.99. The molecule has 2 aromatic carbocycles. The first-order valence-corrected chi connectivity index (χ1v) is 6.70. The zero-order valence-electron chi connectivity index (χ0n) is 11.9. The molecule has 0 aliphatic carbocycles. The molecule has 0 heterocycles. The van der Waals surface area contributed by atoms with Gasteiger partial charge in [0.05, 0.1) is 28.3 Å². The average Bonchev–Trinajstić information content (AvgIpc) is 2.47. The lowest BCUT2D eigenvalue weighted by atomic mass is 10.1. The standard InChI is InChI=1S/C15H13ClN2O4/c1-9-3-6-14(22-2)13(7-9)17-15(19)11-8-10(18(20)21)4-5-12(11)16/h3-8H,1-2H3,(H,17,19). The number of nitrogens with zero attached hydrogens (tertiary/aromatic N) is 1. The van der Waals surface area contributed by atoms with Crippen LogP contribution in [0.5, 0.6) is 5.75 Å². The average molecular weight is 321 g/mol. The predicted octanol–water partition coefficient (Wildman–Crippen LogP) is 3.82. The molecule has 2 aromatic rings. The third-order valence-corrected chi connectivity index (χ3v) is 3.34. The molecule has 22 heavy (non-hydrogen) atoms. The van der Waals surface area contributed by atoms with Gasteiger partial charge in [0, 0.05) is 12.1 Å². The molecule has 0 atom stereocenters. The summed E-state index contributed by atoms with van der Waals surface area (Å²) >= 11 is 5.95. The minimum atomic E-state index is -0.583. The smallest absolute Gasteiger partial charge is 0.270 e. The van der Waals surface area contributed by atoms with Crippen LogP contribution in [0, 0.1) is 17.0 Å². The lowest BCUT2D eigenvalue weighted by Crippen LogP contribution is -2.13. The topological polar surface area (TPSA) is 81.5 Å². The molecule has 0 radical (unpaired) electrons. The molecular formula is C15H13ClN2O4. The normalized spacial score (nSPS) is 10.1. The number of benzene rings is 2. The van der Waals surface area contributed by atoms with Crippen molar-refractivity contribution in [3.63, 3.8) is 0 Å². The van der Waals surface area contributed by atoms with E-state index in [0.717, 1.165) is 11.6 Å². The zero-order chi connectivity index (χ0) is 16.3. The second kappa shape index (κ2) is 6.44. The summed E-state index contributed by atoms with van der Waals surface area (Å²) in [6.45, 7) is 1.87. The molecular weight excluding hydrogens is 308 g/mol. The first-order valence-electron chi connectivity index (χ1n) is 6.32. The van der Waals surface area contributed by atoms with Crippen LogP contribution in [-0.4, -0.2) is 17.9 Å². The Hall–Kier alpha value is -2.60. The highest BCUT2D eigenvalue weighted by Gasteiger charge is 2.17. The molecule has 114 valence electrons. The number of nitrogens with one attached hydrogen (secondary N) is 1. The molecule has 1 N–H and O–H groups in total. The molecule has 0 unspecified atom stereocenters. The number of halogens is 1. The number of hydrogen-bond donors (Lipinski definition) is 1. The molecule has 0 fully saturated rings. The van der Waals surface area contributed by atoms with Crippen molar-refractivity contribution in [2.75, 3.05) is 12.4 Å². The van der Waals surface area contributed by atoms with Gasteiger partial charge in [0.1, 0.15) is 5.75 Å². The maximum absolute atomic E-state index is 12.3. The van der Waals surface area contributed by atoms with Gasteiger partial charge in [-0.3, -0.25) is 14.9 Å². The Morgan fingerprint density at radius 2 is 2.00 bits per heavy atom. The van der Waals surface area contributed by atoms with Gasteiger partial charge < -0.3 is 10.1 Å². The van der Waals surface area contributed by atoms with Crippen molar-refractivity contribution in [3.05, 3.63) is 62.7 Å². The SMILES string of the molecule is COc1ccc(C)cc1NC(=O)c1cc([N+](=O)[O-])ccc1Cl. The van der Waals surface area contributed by atoms with E-state index in [1.807, 2.05) is 13.0 Å². The number of hydrogen-bond acceptors (Lipinski definition) is 4. The summed E-state index contributed by atoms with van der Waals surface area (Å²) in [6, 6.07) is 9.01. The summed E-state index contributed by atoms with van der Waals surface area (Å²) in [5.41, 5.74) is 1.22. The van der Waals surface area contributed by atoms with Crippen LogP contribution >= 0.6 is 11.6 Å². The number of nitro benzene ring substituents is 1. The summed E-state index contributed by atoms with van der Waals surface area (Å²) in [7, 11) is 1.49. The maximum atomic E-state index is 12.3. The van der Waals surface area contributed by atoms with E-state index in [2.05, 4.69) is 5.32 Å². The van der Waals surface area contributed by atoms with Gasteiger partial charge in [-0.1, -0.05) is 17.7 Å². The highest BCUT2D eigenvalue weighted by Crippen LogP contribution is 2.28. The van der Waals surface area contributed by atoms with Crippen molar-refractivity contribution < 1.29 is 14.5 Å². The summed E-state index contributed by atoms with van der Waals surface area (Å²) < 4.78 is 5.17. The Morgan fingerprint density at radius 1 is 1.27 bits per heavy atom. The van der Waals surface area contributed by atoms with Gasteiger partial charge in [0.15, 0.2) is 0 Å². The van der Waals surface area contributed by atoms with E-state index < -0.39 is 10.8 Å². The fourth-order valence-corrected chi connectivity index (χ4v) is 2.11. The second-order valence-electron chi connectivity index (χ2n) is 4.58. The quantitative estimate of drug-likeness (QED) is 0.686. The van der Waals surface area contributed by atoms with Crippen LogP contribution < -0.4 is 10.1 Å². The highest BCUT2D eigenvalue weighted by molar-refractivity contribution is 6.34. The molecule has 2 rings (SSSR count). The molecule has 0 bridgehead atoms. The monoisotopic (exact) mass is 320 g/mol. The number of methoxy groups -OCH3 is 1. The Balaban J connectivity index is 2.35. The molecule has 0 spiro atoms. The van der Waals surface area contributed by atoms with E-state index in [4.69, 9.17) is 16.3 Å². The molecule has 7 heteroatoms. The summed E-state index contributed by atoms with van der Waals surface area (Å²) in [5, 5.41) is 13.6. The van der Waals surface area contributed by atoms with E-state index >= 15 is 0 Å². The van der Waals surface area contributed by atoms with Crippen LogP contribution in [0.15, 0.2) is 36.4 Å². The van der Waals surface area contributed by atoms with Crippen LogP contribution in [0.25, 0.3) is 0 Å². The number of nitro groups is 1. The number of rotatable bonds is 4. The number of amides is 1. The van der Waals surface area contributed by atoms with Crippen molar-refractivity contribution in [1.29, 1.82) is 0 Å². The fraction of sp³-hybridized carbons (Fsp3) is 0.133. The van der Waals surface area contributed by atoms with Crippen LogP contribution in [0.3, 0.4) is 0 Å². The summed E-state index contributed by atoms with van der Waals surface area (Å²) in [6.07, 6.45) is 0. The highest BCUT2D eigenvalue weighted by atomic mass is 35.5. The van der Waals surface area contributed by atoms with Crippen molar-refractivity contribution in [2.24, 2.45) is 0 Å². The molecule has 1 amide bonds. The minimum Gasteiger partial charge on any atom is -0.495 e.